The molecular weight excluding hydrogens is 374 g/mol. The average Bonchev–Trinajstić information content (AvgIpc) is 3.20. The lowest BCUT2D eigenvalue weighted by molar-refractivity contribution is -0.113. The molecule has 0 unspecified atom stereocenters. The molecule has 2 aromatic heterocycles. The van der Waals surface area contributed by atoms with Gasteiger partial charge in [0.25, 0.3) is 5.95 Å². The predicted molar refractivity (Wildman–Crippen MR) is 110 cm³/mol. The van der Waals surface area contributed by atoms with Crippen molar-refractivity contribution in [3.05, 3.63) is 59.9 Å². The number of aromatic nitrogens is 5. The minimum absolute atomic E-state index is 0.143. The third-order valence-corrected chi connectivity index (χ3v) is 5.15. The highest BCUT2D eigenvalue weighted by Crippen LogP contribution is 2.21. The molecule has 2 aromatic carbocycles. The molecule has 4 aromatic rings. The van der Waals surface area contributed by atoms with Crippen LogP contribution in [0.3, 0.4) is 0 Å². The number of nitrogen functional groups attached to an aromatic ring is 1. The lowest BCUT2D eigenvalue weighted by Crippen LogP contribution is -2.18. The van der Waals surface area contributed by atoms with Gasteiger partial charge in [-0.2, -0.15) is 5.10 Å². The summed E-state index contributed by atoms with van der Waals surface area (Å²) in [6.07, 6.45) is 0. The van der Waals surface area contributed by atoms with Crippen LogP contribution in [0.4, 0.5) is 5.69 Å². The summed E-state index contributed by atoms with van der Waals surface area (Å²) in [5.41, 5.74) is 2.52. The summed E-state index contributed by atoms with van der Waals surface area (Å²) in [6, 6.07) is 15.7. The van der Waals surface area contributed by atoms with Gasteiger partial charge in [-0.3, -0.25) is 4.79 Å². The Kier molecular flexibility index (Phi) is 4.74. The summed E-state index contributed by atoms with van der Waals surface area (Å²) < 4.78 is 2.97. The zero-order valence-electron chi connectivity index (χ0n) is 15.5. The van der Waals surface area contributed by atoms with Crippen LogP contribution in [-0.2, 0) is 4.79 Å². The van der Waals surface area contributed by atoms with E-state index >= 15 is 0 Å². The van der Waals surface area contributed by atoms with E-state index in [1.165, 1.54) is 16.4 Å². The maximum atomic E-state index is 12.3. The topological polar surface area (TPSA) is 104 Å². The fraction of sp³-hybridized carbons (Fsp3) is 0.158. The number of thioether (sulfide) groups is 1. The number of amides is 1. The predicted octanol–water partition coefficient (Wildman–Crippen LogP) is 2.68. The number of nitrogens with two attached hydrogens (primary N) is 1. The number of fused-ring (bicyclic) bond motifs is 1. The minimum atomic E-state index is -0.143. The molecule has 8 nitrogen and oxygen atoms in total. The van der Waals surface area contributed by atoms with E-state index in [1.807, 2.05) is 62.4 Å². The quantitative estimate of drug-likeness (QED) is 0.399. The molecule has 0 atom stereocenters. The van der Waals surface area contributed by atoms with E-state index < -0.39 is 0 Å². The monoisotopic (exact) mass is 393 g/mol. The number of carbonyl (C=O) groups excluding carboxylic acids is 1. The second kappa shape index (κ2) is 7.35. The van der Waals surface area contributed by atoms with Crippen LogP contribution < -0.4 is 11.2 Å². The highest BCUT2D eigenvalue weighted by molar-refractivity contribution is 7.99. The molecule has 0 saturated heterocycles. The average molecular weight is 393 g/mol. The van der Waals surface area contributed by atoms with Gasteiger partial charge in [0.15, 0.2) is 0 Å². The minimum Gasteiger partial charge on any atom is -0.334 e. The van der Waals surface area contributed by atoms with Gasteiger partial charge < -0.3 is 11.2 Å². The van der Waals surface area contributed by atoms with Gasteiger partial charge in [0.1, 0.15) is 0 Å². The summed E-state index contributed by atoms with van der Waals surface area (Å²) in [5, 5.41) is 18.1. The normalized spacial score (nSPS) is 11.1. The molecule has 3 N–H and O–H groups in total. The summed E-state index contributed by atoms with van der Waals surface area (Å²) in [7, 11) is 0. The Labute approximate surface area is 165 Å². The van der Waals surface area contributed by atoms with Crippen LogP contribution in [0.25, 0.3) is 16.7 Å². The summed E-state index contributed by atoms with van der Waals surface area (Å²) in [6.45, 7) is 3.81. The second-order valence-electron chi connectivity index (χ2n) is 6.39. The van der Waals surface area contributed by atoms with Crippen LogP contribution in [-0.4, -0.2) is 36.3 Å². The zero-order chi connectivity index (χ0) is 19.7. The van der Waals surface area contributed by atoms with Crippen molar-refractivity contribution < 1.29 is 4.79 Å². The number of nitrogens with one attached hydrogen (secondary N) is 1. The first-order valence-corrected chi connectivity index (χ1v) is 9.65. The number of rotatable bonds is 5. The molecule has 1 amide bonds. The van der Waals surface area contributed by atoms with Crippen LogP contribution in [0.15, 0.2) is 53.7 Å². The first kappa shape index (κ1) is 18.1. The molecule has 4 rings (SSSR count). The third-order valence-electron chi connectivity index (χ3n) is 4.21. The number of carbonyl (C=O) groups is 1. The van der Waals surface area contributed by atoms with E-state index in [0.29, 0.717) is 11.1 Å². The molecular formula is C19H19N7OS. The fourth-order valence-electron chi connectivity index (χ4n) is 2.94. The molecule has 0 radical (unpaired) electrons. The van der Waals surface area contributed by atoms with Gasteiger partial charge in [0, 0.05) is 11.4 Å². The highest BCUT2D eigenvalue weighted by Gasteiger charge is 2.16. The SMILES string of the molecule is Cc1cc(C)n(-c2nnc(SCC(=O)Nc3ccc4ccccc4c3)n2N)n1. The Morgan fingerprint density at radius 1 is 1.11 bits per heavy atom. The summed E-state index contributed by atoms with van der Waals surface area (Å²) in [5.74, 6) is 6.52. The number of hydrogen-bond donors (Lipinski definition) is 2. The van der Waals surface area contributed by atoms with Crippen molar-refractivity contribution in [1.82, 2.24) is 24.7 Å². The lowest BCUT2D eigenvalue weighted by Gasteiger charge is -2.07. The number of hydrogen-bond acceptors (Lipinski definition) is 6. The fourth-order valence-corrected chi connectivity index (χ4v) is 3.59. The van der Waals surface area contributed by atoms with Crippen LogP contribution in [0.2, 0.25) is 0 Å². The van der Waals surface area contributed by atoms with Gasteiger partial charge in [0.2, 0.25) is 11.1 Å². The van der Waals surface area contributed by atoms with Crippen molar-refractivity contribution in [2.45, 2.75) is 19.0 Å². The molecule has 0 bridgehead atoms. The Morgan fingerprint density at radius 3 is 2.64 bits per heavy atom. The zero-order valence-corrected chi connectivity index (χ0v) is 16.3. The molecule has 9 heteroatoms. The largest absolute Gasteiger partial charge is 0.334 e. The summed E-state index contributed by atoms with van der Waals surface area (Å²) in [4.78, 5) is 12.3. The highest BCUT2D eigenvalue weighted by atomic mass is 32.2. The molecule has 0 fully saturated rings. The first-order valence-electron chi connectivity index (χ1n) is 8.67. The van der Waals surface area contributed by atoms with Crippen LogP contribution >= 0.6 is 11.8 Å². The van der Waals surface area contributed by atoms with Crippen molar-refractivity contribution in [3.63, 3.8) is 0 Å². The standard InChI is InChI=1S/C19H19N7OS/c1-12-9-13(2)26(24-12)18-22-23-19(25(18)20)28-11-17(27)21-16-8-7-14-5-3-4-6-15(14)10-16/h3-10H,11,20H2,1-2H3,(H,21,27). The van der Waals surface area contributed by atoms with E-state index in [1.54, 1.807) is 4.68 Å². The van der Waals surface area contributed by atoms with Crippen LogP contribution in [0.1, 0.15) is 11.4 Å². The van der Waals surface area contributed by atoms with E-state index in [9.17, 15) is 4.79 Å². The molecule has 2 heterocycles. The van der Waals surface area contributed by atoms with Crippen molar-refractivity contribution in [2.24, 2.45) is 0 Å². The van der Waals surface area contributed by atoms with E-state index in [-0.39, 0.29) is 11.7 Å². The molecule has 0 aliphatic heterocycles. The van der Waals surface area contributed by atoms with Crippen LogP contribution in [0.5, 0.6) is 0 Å². The Bertz CT molecular complexity index is 1160. The smallest absolute Gasteiger partial charge is 0.271 e. The van der Waals surface area contributed by atoms with E-state index in [4.69, 9.17) is 5.84 Å². The number of anilines is 1. The second-order valence-corrected chi connectivity index (χ2v) is 7.33. The Morgan fingerprint density at radius 2 is 1.89 bits per heavy atom. The van der Waals surface area contributed by atoms with Crippen molar-refractivity contribution >= 4 is 34.1 Å². The van der Waals surface area contributed by atoms with Gasteiger partial charge >= 0.3 is 0 Å². The molecule has 0 spiro atoms. The van der Waals surface area contributed by atoms with E-state index in [0.717, 1.165) is 27.8 Å². The van der Waals surface area contributed by atoms with Gasteiger partial charge in [-0.15, -0.1) is 10.2 Å². The van der Waals surface area contributed by atoms with Gasteiger partial charge in [-0.1, -0.05) is 42.1 Å². The van der Waals surface area contributed by atoms with Crippen molar-refractivity contribution in [2.75, 3.05) is 16.9 Å². The van der Waals surface area contributed by atoms with E-state index in [2.05, 4.69) is 20.6 Å². The maximum Gasteiger partial charge on any atom is 0.271 e. The molecule has 142 valence electrons. The Hall–Kier alpha value is -3.33. The maximum absolute atomic E-state index is 12.3. The van der Waals surface area contributed by atoms with Crippen molar-refractivity contribution in [1.29, 1.82) is 0 Å². The first-order chi connectivity index (χ1) is 13.5. The molecule has 0 saturated carbocycles. The Balaban J connectivity index is 1.42. The van der Waals surface area contributed by atoms with Gasteiger partial charge in [0.05, 0.1) is 11.4 Å². The van der Waals surface area contributed by atoms with Gasteiger partial charge in [-0.05, 0) is 42.8 Å². The molecule has 28 heavy (non-hydrogen) atoms. The third kappa shape index (κ3) is 3.56. The number of nitrogens with zero attached hydrogens (tertiary/aromatic N) is 5. The van der Waals surface area contributed by atoms with Crippen molar-refractivity contribution in [3.8, 4) is 5.95 Å². The number of aryl methyl sites for hydroxylation is 2. The number of benzene rings is 2. The van der Waals surface area contributed by atoms with Crippen LogP contribution in [0, 0.1) is 13.8 Å². The molecule has 0 aliphatic rings. The lowest BCUT2D eigenvalue weighted by atomic mass is 10.1. The van der Waals surface area contributed by atoms with Gasteiger partial charge in [-0.25, -0.2) is 9.36 Å². The summed E-state index contributed by atoms with van der Waals surface area (Å²) >= 11 is 1.22. The molecule has 0 aliphatic carbocycles.